The van der Waals surface area contributed by atoms with Gasteiger partial charge in [-0.3, -0.25) is 4.79 Å². The van der Waals surface area contributed by atoms with Crippen LogP contribution in [-0.4, -0.2) is 53.3 Å². The third-order valence-electron chi connectivity index (χ3n) is 7.66. The first-order valence-electron chi connectivity index (χ1n) is 14.8. The molecule has 1 aliphatic rings. The van der Waals surface area contributed by atoms with Crippen molar-refractivity contribution in [3.63, 3.8) is 0 Å². The van der Waals surface area contributed by atoms with Crippen LogP contribution in [0.2, 0.25) is 0 Å². The largest absolute Gasteiger partial charge is 0.493 e. The summed E-state index contributed by atoms with van der Waals surface area (Å²) in [6.45, 7) is -0.0237. The summed E-state index contributed by atoms with van der Waals surface area (Å²) in [6.07, 6.45) is -0.431. The van der Waals surface area contributed by atoms with Crippen molar-refractivity contribution in [2.45, 2.75) is 6.17 Å². The van der Waals surface area contributed by atoms with Crippen LogP contribution in [0.3, 0.4) is 0 Å². The minimum atomic E-state index is -0.431. The summed E-state index contributed by atoms with van der Waals surface area (Å²) < 4.78 is 39.0. The van der Waals surface area contributed by atoms with Gasteiger partial charge in [-0.15, -0.1) is 5.48 Å². The van der Waals surface area contributed by atoms with Gasteiger partial charge in [-0.1, -0.05) is 23.4 Å². The molecule has 13 nitrogen and oxygen atoms in total. The van der Waals surface area contributed by atoms with Crippen LogP contribution in [0.15, 0.2) is 83.4 Å². The van der Waals surface area contributed by atoms with Crippen LogP contribution in [-0.2, 0) is 0 Å². The van der Waals surface area contributed by atoms with E-state index in [1.54, 1.807) is 84.1 Å². The Morgan fingerprint density at radius 2 is 1.42 bits per heavy atom. The van der Waals surface area contributed by atoms with Crippen LogP contribution < -0.4 is 49.4 Å². The molecule has 0 fully saturated rings. The number of amides is 1. The highest BCUT2D eigenvalue weighted by Gasteiger charge is 2.25. The van der Waals surface area contributed by atoms with Crippen LogP contribution in [0.5, 0.6) is 40.2 Å². The smallest absolute Gasteiger partial charge is 0.255 e. The summed E-state index contributed by atoms with van der Waals surface area (Å²) in [7, 11) is 7.74. The molecule has 1 aliphatic heterocycles. The van der Waals surface area contributed by atoms with Gasteiger partial charge in [-0.05, 0) is 60.2 Å². The molecule has 48 heavy (non-hydrogen) atoms. The monoisotopic (exact) mass is 654 g/mol. The van der Waals surface area contributed by atoms with Crippen LogP contribution >= 0.6 is 0 Å². The molecule has 0 radical (unpaired) electrons. The van der Waals surface area contributed by atoms with Gasteiger partial charge in [0.1, 0.15) is 11.9 Å². The van der Waals surface area contributed by atoms with E-state index in [0.29, 0.717) is 62.8 Å². The number of hydrogen-bond acceptors (Lipinski definition) is 12. The topological polar surface area (TPSA) is 144 Å². The summed E-state index contributed by atoms with van der Waals surface area (Å²) >= 11 is 0. The van der Waals surface area contributed by atoms with E-state index >= 15 is 0 Å². The second-order valence-corrected chi connectivity index (χ2v) is 10.4. The second-order valence-electron chi connectivity index (χ2n) is 10.4. The molecule has 1 aromatic heterocycles. The highest BCUT2D eigenvalue weighted by atomic mass is 16.7. The van der Waals surface area contributed by atoms with Crippen LogP contribution in [0.1, 0.15) is 22.1 Å². The number of fused-ring (bicyclic) bond motifs is 1. The molecule has 1 amide bonds. The number of rotatable bonds is 13. The zero-order chi connectivity index (χ0) is 33.6. The van der Waals surface area contributed by atoms with E-state index in [-0.39, 0.29) is 12.6 Å². The number of hydroxylamine groups is 1. The molecular formula is C35H34N4O9. The Hall–Kier alpha value is -6.08. The molecule has 0 spiro atoms. The quantitative estimate of drug-likeness (QED) is 0.0799. The second kappa shape index (κ2) is 14.1. The SMILES string of the molecule is COc1cc(C2NC(=O)c3ccccc3N2)ccc1OCNOc1cc(-c2cc(-c3cc(OC)c(OC)c(OC)c3)on2)ccc1OC. The molecule has 6 rings (SSSR count). The molecule has 4 aromatic carbocycles. The predicted octanol–water partition coefficient (Wildman–Crippen LogP) is 5.83. The van der Waals surface area contributed by atoms with Crippen LogP contribution in [0.4, 0.5) is 5.69 Å². The Morgan fingerprint density at radius 3 is 2.15 bits per heavy atom. The number of ether oxygens (including phenoxy) is 6. The van der Waals surface area contributed by atoms with Crippen LogP contribution in [0, 0.1) is 0 Å². The van der Waals surface area contributed by atoms with E-state index in [2.05, 4.69) is 21.3 Å². The predicted molar refractivity (Wildman–Crippen MR) is 176 cm³/mol. The number of anilines is 1. The van der Waals surface area contributed by atoms with Gasteiger partial charge in [0, 0.05) is 22.9 Å². The summed E-state index contributed by atoms with van der Waals surface area (Å²) in [6, 6.07) is 23.5. The maximum absolute atomic E-state index is 12.6. The van der Waals surface area contributed by atoms with Crippen molar-refractivity contribution in [1.82, 2.24) is 16.0 Å². The molecule has 248 valence electrons. The van der Waals surface area contributed by atoms with Crippen molar-refractivity contribution < 1.29 is 42.6 Å². The maximum Gasteiger partial charge on any atom is 0.255 e. The summed E-state index contributed by atoms with van der Waals surface area (Å²) in [5.41, 5.74) is 6.94. The number of para-hydroxylation sites is 1. The molecular weight excluding hydrogens is 620 g/mol. The molecule has 5 aromatic rings. The normalized spacial score (nSPS) is 13.4. The van der Waals surface area contributed by atoms with Crippen molar-refractivity contribution >= 4 is 11.6 Å². The minimum absolute atomic E-state index is 0.0237. The lowest BCUT2D eigenvalue weighted by atomic mass is 10.1. The number of nitrogens with zero attached hydrogens (tertiary/aromatic N) is 1. The fourth-order valence-corrected chi connectivity index (χ4v) is 5.26. The zero-order valence-electron chi connectivity index (χ0n) is 26.9. The number of carbonyl (C=O) groups is 1. The van der Waals surface area contributed by atoms with Gasteiger partial charge < -0.3 is 48.4 Å². The zero-order valence-corrected chi connectivity index (χ0v) is 26.9. The molecule has 0 saturated heterocycles. The molecule has 2 heterocycles. The number of methoxy groups -OCH3 is 5. The number of hydrogen-bond donors (Lipinski definition) is 3. The Labute approximate surface area is 276 Å². The third kappa shape index (κ3) is 6.44. The van der Waals surface area contributed by atoms with E-state index < -0.39 is 6.17 Å². The Kier molecular flexibility index (Phi) is 9.39. The van der Waals surface area contributed by atoms with Crippen LogP contribution in [0.25, 0.3) is 22.6 Å². The fourth-order valence-electron chi connectivity index (χ4n) is 5.26. The lowest BCUT2D eigenvalue weighted by Gasteiger charge is -2.28. The summed E-state index contributed by atoms with van der Waals surface area (Å²) in [5, 5.41) is 10.6. The van der Waals surface area contributed by atoms with Gasteiger partial charge >= 0.3 is 0 Å². The minimum Gasteiger partial charge on any atom is -0.493 e. The Morgan fingerprint density at radius 1 is 0.708 bits per heavy atom. The van der Waals surface area contributed by atoms with Crippen molar-refractivity contribution in [2.24, 2.45) is 0 Å². The summed E-state index contributed by atoms with van der Waals surface area (Å²) in [4.78, 5) is 18.4. The third-order valence-corrected chi connectivity index (χ3v) is 7.66. The van der Waals surface area contributed by atoms with Crippen molar-refractivity contribution in [2.75, 3.05) is 47.6 Å². The van der Waals surface area contributed by atoms with Crippen molar-refractivity contribution in [3.8, 4) is 62.8 Å². The van der Waals surface area contributed by atoms with E-state index in [1.807, 2.05) is 30.3 Å². The number of benzene rings is 4. The van der Waals surface area contributed by atoms with Crippen molar-refractivity contribution in [1.29, 1.82) is 0 Å². The van der Waals surface area contributed by atoms with Gasteiger partial charge in [0.05, 0.1) is 41.1 Å². The molecule has 0 bridgehead atoms. The molecule has 1 atom stereocenters. The lowest BCUT2D eigenvalue weighted by molar-refractivity contribution is 0.0935. The van der Waals surface area contributed by atoms with E-state index in [1.165, 1.54) is 0 Å². The van der Waals surface area contributed by atoms with Gasteiger partial charge in [-0.2, -0.15) is 0 Å². The molecule has 0 saturated carbocycles. The summed E-state index contributed by atoms with van der Waals surface area (Å²) in [5.74, 6) is 3.66. The molecule has 13 heteroatoms. The van der Waals surface area contributed by atoms with E-state index in [4.69, 9.17) is 37.8 Å². The number of aromatic nitrogens is 1. The molecule has 3 N–H and O–H groups in total. The van der Waals surface area contributed by atoms with Crippen molar-refractivity contribution in [3.05, 3.63) is 90.0 Å². The maximum atomic E-state index is 12.6. The Balaban J connectivity index is 1.12. The number of nitrogens with one attached hydrogen (secondary N) is 3. The Bertz CT molecular complexity index is 1900. The lowest BCUT2D eigenvalue weighted by Crippen LogP contribution is -2.38. The van der Waals surface area contributed by atoms with Gasteiger partial charge in [0.15, 0.2) is 47.0 Å². The standard InChI is InChI=1S/C35H34N4O9/c1-41-26-12-10-20(25-18-28(48-39-25)22-16-31(43-3)33(45-5)32(17-22)44-4)14-30(26)47-36-19-46-27-13-11-21(15-29(27)42-2)34-37-24-9-7-6-8-23(24)35(40)38-34/h6-18,34,36-37H,19H2,1-5H3,(H,38,40). The van der Waals surface area contributed by atoms with Gasteiger partial charge in [0.2, 0.25) is 5.75 Å². The first-order valence-corrected chi connectivity index (χ1v) is 14.8. The highest BCUT2D eigenvalue weighted by Crippen LogP contribution is 2.42. The van der Waals surface area contributed by atoms with E-state index in [0.717, 1.165) is 16.8 Å². The van der Waals surface area contributed by atoms with Gasteiger partial charge in [0.25, 0.3) is 5.91 Å². The first kappa shape index (κ1) is 31.9. The average Bonchev–Trinajstić information content (AvgIpc) is 3.63. The molecule has 1 unspecified atom stereocenters. The fraction of sp³-hybridized carbons (Fsp3) is 0.200. The van der Waals surface area contributed by atoms with E-state index in [9.17, 15) is 4.79 Å². The first-order chi connectivity index (χ1) is 23.5. The highest BCUT2D eigenvalue weighted by molar-refractivity contribution is 6.01. The molecule has 0 aliphatic carbocycles. The average molecular weight is 655 g/mol. The number of carbonyl (C=O) groups excluding carboxylic acids is 1. The van der Waals surface area contributed by atoms with Gasteiger partial charge in [-0.25, -0.2) is 0 Å².